The number of esters is 1. The van der Waals surface area contributed by atoms with Gasteiger partial charge in [-0.25, -0.2) is 4.79 Å². The van der Waals surface area contributed by atoms with Crippen LogP contribution in [-0.2, 0) is 16.5 Å². The summed E-state index contributed by atoms with van der Waals surface area (Å²) in [6.07, 6.45) is 4.93. The summed E-state index contributed by atoms with van der Waals surface area (Å²) in [5, 5.41) is 0. The molecule has 0 aromatic carbocycles. The molecule has 1 atom stereocenters. The number of methoxy groups -OCH3 is 1. The zero-order valence-corrected chi connectivity index (χ0v) is 16.5. The number of hydrogen-bond donors (Lipinski definition) is 0. The molecule has 0 amide bonds. The number of rotatable bonds is 8. The number of aromatic nitrogens is 2. The van der Waals surface area contributed by atoms with Gasteiger partial charge in [0.15, 0.2) is 5.76 Å². The molecule has 0 radical (unpaired) electrons. The smallest absolute Gasteiger partial charge is 0.354 e. The fourth-order valence-electron chi connectivity index (χ4n) is 2.75. The van der Waals surface area contributed by atoms with Crippen molar-refractivity contribution < 1.29 is 19.0 Å². The highest BCUT2D eigenvalue weighted by atomic mass is 16.5. The van der Waals surface area contributed by atoms with E-state index in [1.165, 1.54) is 0 Å². The van der Waals surface area contributed by atoms with Crippen molar-refractivity contribution in [3.05, 3.63) is 65.8 Å². The van der Waals surface area contributed by atoms with Crippen LogP contribution in [0.4, 0.5) is 0 Å². The van der Waals surface area contributed by atoms with Crippen LogP contribution in [-0.4, -0.2) is 29.2 Å². The Morgan fingerprint density at radius 3 is 2.78 bits per heavy atom. The molecule has 0 saturated heterocycles. The minimum absolute atomic E-state index is 0.146. The van der Waals surface area contributed by atoms with Gasteiger partial charge in [0.1, 0.15) is 11.4 Å². The second kappa shape index (κ2) is 9.19. The Hall–Kier alpha value is -2.86. The van der Waals surface area contributed by atoms with Crippen LogP contribution in [0.15, 0.2) is 43.1 Å². The first kappa shape index (κ1) is 20.5. The maximum atomic E-state index is 12.2. The number of pyridine rings is 1. The number of aryl methyl sites for hydroxylation is 1. The van der Waals surface area contributed by atoms with E-state index in [2.05, 4.69) is 11.6 Å². The van der Waals surface area contributed by atoms with Crippen molar-refractivity contribution in [1.82, 2.24) is 9.55 Å². The lowest BCUT2D eigenvalue weighted by Gasteiger charge is -2.15. The van der Waals surface area contributed by atoms with Crippen LogP contribution >= 0.6 is 0 Å². The van der Waals surface area contributed by atoms with Gasteiger partial charge in [0.25, 0.3) is 0 Å². The molecule has 0 aliphatic heterocycles. The Labute approximate surface area is 160 Å². The minimum atomic E-state index is -0.368. The average molecular weight is 370 g/mol. The highest BCUT2D eigenvalue weighted by molar-refractivity contribution is 5.89. The summed E-state index contributed by atoms with van der Waals surface area (Å²) in [4.78, 5) is 16.5. The van der Waals surface area contributed by atoms with Gasteiger partial charge in [-0.2, -0.15) is 0 Å². The van der Waals surface area contributed by atoms with Crippen molar-refractivity contribution in [3.8, 4) is 5.75 Å². The third-order valence-corrected chi connectivity index (χ3v) is 4.16. The highest BCUT2D eigenvalue weighted by Gasteiger charge is 2.20. The van der Waals surface area contributed by atoms with Crippen LogP contribution in [0.1, 0.15) is 47.4 Å². The lowest BCUT2D eigenvalue weighted by molar-refractivity contribution is 0.0515. The second-order valence-corrected chi connectivity index (χ2v) is 6.00. The van der Waals surface area contributed by atoms with Crippen LogP contribution in [0, 0.1) is 6.92 Å². The molecule has 144 valence electrons. The summed E-state index contributed by atoms with van der Waals surface area (Å²) in [5.74, 6) is 0.825. The van der Waals surface area contributed by atoms with Crippen molar-refractivity contribution >= 4 is 11.7 Å². The molecule has 6 nitrogen and oxygen atoms in total. The molecule has 0 saturated carbocycles. The van der Waals surface area contributed by atoms with E-state index in [0.717, 1.165) is 17.0 Å². The predicted molar refractivity (Wildman–Crippen MR) is 105 cm³/mol. The summed E-state index contributed by atoms with van der Waals surface area (Å²) in [6.45, 7) is 9.71. The molecule has 2 heterocycles. The van der Waals surface area contributed by atoms with Crippen LogP contribution in [0.2, 0.25) is 0 Å². The lowest BCUT2D eigenvalue weighted by Crippen LogP contribution is -2.12. The SMILES string of the molecule is C=C/C=C(/Oc1ccnc(C(C)OC)c1)c1c(C)cc(C(=O)OCC)n1C. The topological polar surface area (TPSA) is 62.6 Å². The van der Waals surface area contributed by atoms with E-state index >= 15 is 0 Å². The van der Waals surface area contributed by atoms with E-state index in [-0.39, 0.29) is 12.1 Å². The lowest BCUT2D eigenvalue weighted by atomic mass is 10.2. The van der Waals surface area contributed by atoms with Gasteiger partial charge in [-0.05, 0) is 44.5 Å². The predicted octanol–water partition coefficient (Wildman–Crippen LogP) is 4.22. The van der Waals surface area contributed by atoms with E-state index in [4.69, 9.17) is 14.2 Å². The molecule has 0 aliphatic carbocycles. The summed E-state index contributed by atoms with van der Waals surface area (Å²) < 4.78 is 18.3. The monoisotopic (exact) mass is 370 g/mol. The number of carbonyl (C=O) groups excluding carboxylic acids is 1. The van der Waals surface area contributed by atoms with E-state index in [0.29, 0.717) is 23.8 Å². The largest absolute Gasteiger partial charge is 0.461 e. The fourth-order valence-corrected chi connectivity index (χ4v) is 2.75. The highest BCUT2D eigenvalue weighted by Crippen LogP contribution is 2.27. The summed E-state index contributed by atoms with van der Waals surface area (Å²) in [6, 6.07) is 5.39. The third-order valence-electron chi connectivity index (χ3n) is 4.16. The summed E-state index contributed by atoms with van der Waals surface area (Å²) in [5.41, 5.74) is 2.90. The Morgan fingerprint density at radius 2 is 2.15 bits per heavy atom. The molecular weight excluding hydrogens is 344 g/mol. The Bertz CT molecular complexity index is 852. The molecule has 0 N–H and O–H groups in total. The molecule has 2 aromatic rings. The number of hydrogen-bond acceptors (Lipinski definition) is 5. The first-order valence-corrected chi connectivity index (χ1v) is 8.76. The Morgan fingerprint density at radius 1 is 1.41 bits per heavy atom. The van der Waals surface area contributed by atoms with Gasteiger partial charge in [0, 0.05) is 26.4 Å². The molecule has 1 unspecified atom stereocenters. The van der Waals surface area contributed by atoms with Gasteiger partial charge < -0.3 is 18.8 Å². The van der Waals surface area contributed by atoms with E-state index in [1.54, 1.807) is 56.1 Å². The van der Waals surface area contributed by atoms with E-state index < -0.39 is 0 Å². The third kappa shape index (κ3) is 4.65. The van der Waals surface area contributed by atoms with Crippen LogP contribution in [0.5, 0.6) is 5.75 Å². The molecule has 2 rings (SSSR count). The van der Waals surface area contributed by atoms with Gasteiger partial charge in [-0.1, -0.05) is 12.7 Å². The summed E-state index contributed by atoms with van der Waals surface area (Å²) in [7, 11) is 3.44. The molecule has 0 aliphatic rings. The number of carbonyl (C=O) groups is 1. The Balaban J connectivity index is 2.41. The zero-order valence-electron chi connectivity index (χ0n) is 16.5. The quantitative estimate of drug-likeness (QED) is 0.395. The molecule has 0 bridgehead atoms. The van der Waals surface area contributed by atoms with Crippen molar-refractivity contribution in [2.45, 2.75) is 26.9 Å². The van der Waals surface area contributed by atoms with Crippen molar-refractivity contribution in [3.63, 3.8) is 0 Å². The molecule has 2 aromatic heterocycles. The zero-order chi connectivity index (χ0) is 20.0. The molecule has 27 heavy (non-hydrogen) atoms. The fraction of sp³-hybridized carbons (Fsp3) is 0.333. The standard InChI is InChI=1S/C21H26N2O4/c1-7-9-19(27-16-10-11-22-17(13-16)15(4)25-6)20-14(3)12-18(23(20)5)21(24)26-8-2/h7,9-13,15H,1,8H2,2-6H3/b19-9+. The van der Waals surface area contributed by atoms with Crippen molar-refractivity contribution in [1.29, 1.82) is 0 Å². The van der Waals surface area contributed by atoms with Crippen LogP contribution in [0.3, 0.4) is 0 Å². The molecular formula is C21H26N2O4. The normalized spacial score (nSPS) is 12.6. The molecule has 0 spiro atoms. The van der Waals surface area contributed by atoms with Crippen LogP contribution in [0.25, 0.3) is 5.76 Å². The number of ether oxygens (including phenoxy) is 3. The van der Waals surface area contributed by atoms with Gasteiger partial charge >= 0.3 is 5.97 Å². The van der Waals surface area contributed by atoms with Gasteiger partial charge in [0.2, 0.25) is 0 Å². The van der Waals surface area contributed by atoms with E-state index in [9.17, 15) is 4.79 Å². The second-order valence-electron chi connectivity index (χ2n) is 6.00. The Kier molecular flexibility index (Phi) is 6.96. The maximum Gasteiger partial charge on any atom is 0.354 e. The van der Waals surface area contributed by atoms with Crippen LogP contribution < -0.4 is 4.74 Å². The molecule has 0 fully saturated rings. The van der Waals surface area contributed by atoms with Gasteiger partial charge in [-0.15, -0.1) is 0 Å². The first-order chi connectivity index (χ1) is 12.9. The number of nitrogens with zero attached hydrogens (tertiary/aromatic N) is 2. The van der Waals surface area contributed by atoms with Crippen molar-refractivity contribution in [2.24, 2.45) is 7.05 Å². The maximum absolute atomic E-state index is 12.2. The minimum Gasteiger partial charge on any atom is -0.461 e. The van der Waals surface area contributed by atoms with Gasteiger partial charge in [-0.3, -0.25) is 4.98 Å². The molecule has 6 heteroatoms. The average Bonchev–Trinajstić information content (AvgIpc) is 2.95. The van der Waals surface area contributed by atoms with Crippen molar-refractivity contribution in [2.75, 3.05) is 13.7 Å². The summed E-state index contributed by atoms with van der Waals surface area (Å²) >= 11 is 0. The number of allylic oxidation sites excluding steroid dienone is 2. The van der Waals surface area contributed by atoms with E-state index in [1.807, 2.05) is 19.9 Å². The first-order valence-electron chi connectivity index (χ1n) is 8.76. The van der Waals surface area contributed by atoms with Gasteiger partial charge in [0.05, 0.1) is 24.1 Å².